The first-order chi connectivity index (χ1) is 32.2. The number of nitrogens with zero attached hydrogens (tertiary/aromatic N) is 3. The molecule has 0 bridgehead atoms. The lowest BCUT2D eigenvalue weighted by Crippen LogP contribution is -2.00. The van der Waals surface area contributed by atoms with Gasteiger partial charge in [0.05, 0.1) is 0 Å². The summed E-state index contributed by atoms with van der Waals surface area (Å²) >= 11 is 0. The van der Waals surface area contributed by atoms with Gasteiger partial charge in [0.2, 0.25) is 0 Å². The number of aromatic nitrogens is 3. The Morgan fingerprint density at radius 2 is 0.738 bits per heavy atom. The molecule has 12 rings (SSSR count). The summed E-state index contributed by atoms with van der Waals surface area (Å²) < 4.78 is 6.80. The van der Waals surface area contributed by atoms with Crippen LogP contribution >= 0.6 is 0 Å². The Kier molecular flexibility index (Phi) is 9.46. The second kappa shape index (κ2) is 16.2. The molecule has 0 aliphatic heterocycles. The van der Waals surface area contributed by atoms with Crippen molar-refractivity contribution in [1.29, 1.82) is 0 Å². The van der Waals surface area contributed by atoms with Crippen molar-refractivity contribution < 1.29 is 4.42 Å². The van der Waals surface area contributed by atoms with Gasteiger partial charge in [0.15, 0.2) is 17.5 Å². The quantitative estimate of drug-likeness (QED) is 0.153. The molecule has 0 spiro atoms. The molecule has 0 fully saturated rings. The molecule has 0 atom stereocenters. The maximum absolute atomic E-state index is 6.80. The Morgan fingerprint density at radius 3 is 1.43 bits per heavy atom. The van der Waals surface area contributed by atoms with Gasteiger partial charge in [-0.05, 0) is 79.0 Å². The van der Waals surface area contributed by atoms with E-state index in [-0.39, 0.29) is 0 Å². The second-order valence-corrected chi connectivity index (χ2v) is 16.3. The van der Waals surface area contributed by atoms with Crippen molar-refractivity contribution in [1.82, 2.24) is 15.0 Å². The number of furan rings is 1. The number of fused-ring (bicyclic) bond motifs is 4. The molecule has 0 saturated heterocycles. The van der Waals surface area contributed by atoms with E-state index < -0.39 is 0 Å². The molecule has 12 aromatic rings. The third kappa shape index (κ3) is 7.13. The molecule has 0 unspecified atom stereocenters. The van der Waals surface area contributed by atoms with Gasteiger partial charge in [-0.3, -0.25) is 0 Å². The zero-order valence-corrected chi connectivity index (χ0v) is 35.3. The minimum absolute atomic E-state index is 0.576. The summed E-state index contributed by atoms with van der Waals surface area (Å²) in [6, 6.07) is 82.9. The fourth-order valence-corrected chi connectivity index (χ4v) is 9.09. The normalized spacial score (nSPS) is 11.4. The Bertz CT molecular complexity index is 3670. The molecule has 0 radical (unpaired) electrons. The van der Waals surface area contributed by atoms with E-state index in [2.05, 4.69) is 212 Å². The minimum Gasteiger partial charge on any atom is -0.455 e. The number of benzene rings is 10. The van der Waals surface area contributed by atoms with E-state index in [1.165, 1.54) is 16.7 Å². The Balaban J connectivity index is 1.00. The largest absolute Gasteiger partial charge is 0.455 e. The second-order valence-electron chi connectivity index (χ2n) is 16.3. The van der Waals surface area contributed by atoms with Crippen LogP contribution in [0.2, 0.25) is 0 Å². The number of para-hydroxylation sites is 1. The smallest absolute Gasteiger partial charge is 0.164 e. The minimum atomic E-state index is 0.576. The van der Waals surface area contributed by atoms with Gasteiger partial charge in [0.1, 0.15) is 11.2 Å². The molecule has 0 aliphatic carbocycles. The highest BCUT2D eigenvalue weighted by Crippen LogP contribution is 2.41. The Hall–Kier alpha value is -8.73. The van der Waals surface area contributed by atoms with E-state index in [0.29, 0.717) is 17.5 Å². The Morgan fingerprint density at radius 1 is 0.262 bits per heavy atom. The fraction of sp³-hybridized carbons (Fsp3) is 0. The summed E-state index contributed by atoms with van der Waals surface area (Å²) in [5, 5.41) is 4.25. The van der Waals surface area contributed by atoms with E-state index in [4.69, 9.17) is 19.4 Å². The molecule has 304 valence electrons. The zero-order chi connectivity index (χ0) is 43.1. The number of hydrogen-bond acceptors (Lipinski definition) is 4. The van der Waals surface area contributed by atoms with E-state index in [9.17, 15) is 0 Å². The molecule has 0 amide bonds. The molecule has 4 nitrogen and oxygen atoms in total. The number of rotatable bonds is 8. The van der Waals surface area contributed by atoms with Gasteiger partial charge in [0.25, 0.3) is 0 Å². The van der Waals surface area contributed by atoms with Crippen LogP contribution in [0.25, 0.3) is 123 Å². The predicted molar refractivity (Wildman–Crippen MR) is 268 cm³/mol. The van der Waals surface area contributed by atoms with Gasteiger partial charge in [-0.15, -0.1) is 0 Å². The lowest BCUT2D eigenvalue weighted by Gasteiger charge is -2.12. The summed E-state index contributed by atoms with van der Waals surface area (Å²) in [6.45, 7) is 0. The zero-order valence-electron chi connectivity index (χ0n) is 35.3. The lowest BCUT2D eigenvalue weighted by molar-refractivity contribution is 0.670. The standard InChI is InChI=1S/C61H39N3O/c1-4-14-40(15-5-1)42-28-30-43(31-29-42)44-32-35-47(36-33-44)59-62-60(50-37-34-46-20-11-23-51(55(46)39-50)45-18-8-3-9-19-45)64-61(63-59)54-26-13-27-56-57(54)53-25-12-24-52(58(53)65-56)49-22-10-21-48(38-49)41-16-6-2-7-17-41/h1-39H. The van der Waals surface area contributed by atoms with E-state index >= 15 is 0 Å². The van der Waals surface area contributed by atoms with Crippen LogP contribution in [0.3, 0.4) is 0 Å². The Labute approximate surface area is 376 Å². The first kappa shape index (κ1) is 38.0. The fourth-order valence-electron chi connectivity index (χ4n) is 9.09. The molecule has 0 saturated carbocycles. The predicted octanol–water partition coefficient (Wildman–Crippen LogP) is 16.3. The SMILES string of the molecule is c1ccc(-c2ccc(-c3ccc(-c4nc(-c5ccc6cccc(-c7ccccc7)c6c5)nc(-c5cccc6oc7c(-c8cccc(-c9ccccc9)c8)cccc7c56)n4)cc3)cc2)cc1. The highest BCUT2D eigenvalue weighted by Gasteiger charge is 2.20. The van der Waals surface area contributed by atoms with Gasteiger partial charge in [-0.2, -0.15) is 0 Å². The van der Waals surface area contributed by atoms with Crippen LogP contribution in [0.4, 0.5) is 0 Å². The first-order valence-electron chi connectivity index (χ1n) is 21.9. The van der Waals surface area contributed by atoms with Crippen molar-refractivity contribution in [3.05, 3.63) is 237 Å². The number of hydrogen-bond donors (Lipinski definition) is 0. The van der Waals surface area contributed by atoms with E-state index in [1.54, 1.807) is 0 Å². The highest BCUT2D eigenvalue weighted by molar-refractivity contribution is 6.15. The molecular weight excluding hydrogens is 791 g/mol. The van der Waals surface area contributed by atoms with Gasteiger partial charge in [-0.25, -0.2) is 15.0 Å². The van der Waals surface area contributed by atoms with Gasteiger partial charge < -0.3 is 4.42 Å². The van der Waals surface area contributed by atoms with Gasteiger partial charge in [-0.1, -0.05) is 218 Å². The van der Waals surface area contributed by atoms with Crippen LogP contribution in [0.1, 0.15) is 0 Å². The van der Waals surface area contributed by atoms with Crippen LogP contribution in [0.5, 0.6) is 0 Å². The van der Waals surface area contributed by atoms with Gasteiger partial charge >= 0.3 is 0 Å². The molecule has 10 aromatic carbocycles. The topological polar surface area (TPSA) is 51.8 Å². The van der Waals surface area contributed by atoms with Crippen molar-refractivity contribution in [2.75, 3.05) is 0 Å². The average molecular weight is 830 g/mol. The van der Waals surface area contributed by atoms with Crippen LogP contribution in [-0.2, 0) is 0 Å². The molecular formula is C61H39N3O. The van der Waals surface area contributed by atoms with Crippen molar-refractivity contribution in [2.24, 2.45) is 0 Å². The van der Waals surface area contributed by atoms with Crippen LogP contribution in [-0.4, -0.2) is 15.0 Å². The van der Waals surface area contributed by atoms with Crippen LogP contribution in [0, 0.1) is 0 Å². The molecule has 4 heteroatoms. The summed E-state index contributed by atoms with van der Waals surface area (Å²) in [5.41, 5.74) is 15.7. The first-order valence-corrected chi connectivity index (χ1v) is 21.9. The highest BCUT2D eigenvalue weighted by atomic mass is 16.3. The van der Waals surface area contributed by atoms with Crippen molar-refractivity contribution in [3.8, 4) is 89.8 Å². The summed E-state index contributed by atoms with van der Waals surface area (Å²) in [4.78, 5) is 15.8. The molecule has 2 aromatic heterocycles. The van der Waals surface area contributed by atoms with E-state index in [0.717, 1.165) is 88.3 Å². The molecule has 0 N–H and O–H groups in total. The molecule has 0 aliphatic rings. The third-order valence-electron chi connectivity index (χ3n) is 12.4. The van der Waals surface area contributed by atoms with Gasteiger partial charge in [0, 0.05) is 33.0 Å². The van der Waals surface area contributed by atoms with Crippen molar-refractivity contribution in [3.63, 3.8) is 0 Å². The summed E-state index contributed by atoms with van der Waals surface area (Å²) in [6.07, 6.45) is 0. The van der Waals surface area contributed by atoms with Crippen molar-refractivity contribution >= 4 is 32.7 Å². The lowest BCUT2D eigenvalue weighted by atomic mass is 9.96. The van der Waals surface area contributed by atoms with Crippen molar-refractivity contribution in [2.45, 2.75) is 0 Å². The average Bonchev–Trinajstić information content (AvgIpc) is 3.79. The maximum atomic E-state index is 6.80. The molecule has 65 heavy (non-hydrogen) atoms. The third-order valence-corrected chi connectivity index (χ3v) is 12.4. The maximum Gasteiger partial charge on any atom is 0.164 e. The summed E-state index contributed by atoms with van der Waals surface area (Å²) in [7, 11) is 0. The molecule has 2 heterocycles. The van der Waals surface area contributed by atoms with Crippen LogP contribution < -0.4 is 0 Å². The summed E-state index contributed by atoms with van der Waals surface area (Å²) in [5.74, 6) is 1.76. The van der Waals surface area contributed by atoms with Crippen LogP contribution in [0.15, 0.2) is 241 Å². The monoisotopic (exact) mass is 829 g/mol. The van der Waals surface area contributed by atoms with E-state index in [1.807, 2.05) is 24.3 Å².